The fourth-order valence-electron chi connectivity index (χ4n) is 4.99. The molecule has 4 heterocycles. The van der Waals surface area contributed by atoms with Gasteiger partial charge in [0.1, 0.15) is 5.82 Å². The van der Waals surface area contributed by atoms with Crippen LogP contribution in [0.15, 0.2) is 54.7 Å². The van der Waals surface area contributed by atoms with Gasteiger partial charge in [0.15, 0.2) is 0 Å². The number of nitrogens with zero attached hydrogens (tertiary/aromatic N) is 6. The van der Waals surface area contributed by atoms with Crippen molar-refractivity contribution in [2.24, 2.45) is 0 Å². The normalized spacial score (nSPS) is 15.6. The molecule has 0 saturated carbocycles. The molecule has 7 nitrogen and oxygen atoms in total. The second-order valence-corrected chi connectivity index (χ2v) is 9.42. The SMILES string of the molecule is Clc1cnc(N2CCCCC2)cc1-c1ccc2c(c1)N(Cc1ccc(-c3nn[nH]n3)cc1)CC2. The van der Waals surface area contributed by atoms with Crippen LogP contribution in [-0.2, 0) is 13.0 Å². The molecule has 2 aliphatic rings. The quantitative estimate of drug-likeness (QED) is 0.434. The van der Waals surface area contributed by atoms with Gasteiger partial charge in [-0.25, -0.2) is 4.98 Å². The first-order valence-electron chi connectivity index (χ1n) is 11.9. The molecule has 172 valence electrons. The van der Waals surface area contributed by atoms with Crippen molar-refractivity contribution in [1.29, 1.82) is 0 Å². The molecule has 0 aliphatic carbocycles. The summed E-state index contributed by atoms with van der Waals surface area (Å²) in [5, 5.41) is 14.9. The van der Waals surface area contributed by atoms with E-state index in [1.165, 1.54) is 36.1 Å². The van der Waals surface area contributed by atoms with E-state index in [0.717, 1.165) is 55.1 Å². The molecule has 1 fully saturated rings. The summed E-state index contributed by atoms with van der Waals surface area (Å²) in [5.74, 6) is 1.64. The maximum Gasteiger partial charge on any atom is 0.204 e. The second-order valence-electron chi connectivity index (χ2n) is 9.02. The molecular weight excluding hydrogens is 446 g/mol. The summed E-state index contributed by atoms with van der Waals surface area (Å²) in [6, 6.07) is 17.3. The Morgan fingerprint density at radius 3 is 2.53 bits per heavy atom. The third-order valence-electron chi connectivity index (χ3n) is 6.84. The van der Waals surface area contributed by atoms with E-state index in [4.69, 9.17) is 11.6 Å². The van der Waals surface area contributed by atoms with Gasteiger partial charge in [-0.05, 0) is 59.7 Å². The number of pyridine rings is 1. The number of hydrogen-bond donors (Lipinski definition) is 1. The Hall–Kier alpha value is -3.45. The van der Waals surface area contributed by atoms with E-state index in [-0.39, 0.29) is 0 Å². The first kappa shape index (κ1) is 21.1. The highest BCUT2D eigenvalue weighted by Gasteiger charge is 2.21. The molecule has 0 spiro atoms. The van der Waals surface area contributed by atoms with E-state index in [2.05, 4.69) is 71.8 Å². The van der Waals surface area contributed by atoms with E-state index in [0.29, 0.717) is 10.8 Å². The minimum Gasteiger partial charge on any atom is -0.367 e. The molecule has 6 rings (SSSR count). The molecule has 0 bridgehead atoms. The van der Waals surface area contributed by atoms with Crippen LogP contribution in [0.4, 0.5) is 11.5 Å². The fraction of sp³-hybridized carbons (Fsp3) is 0.308. The van der Waals surface area contributed by atoms with Crippen LogP contribution in [0.5, 0.6) is 0 Å². The number of piperidine rings is 1. The lowest BCUT2D eigenvalue weighted by atomic mass is 10.0. The highest BCUT2D eigenvalue weighted by molar-refractivity contribution is 6.33. The molecule has 4 aromatic rings. The molecule has 2 aromatic carbocycles. The summed E-state index contributed by atoms with van der Waals surface area (Å²) in [6.07, 6.45) is 6.61. The van der Waals surface area contributed by atoms with Crippen molar-refractivity contribution >= 4 is 23.1 Å². The number of hydrogen-bond acceptors (Lipinski definition) is 6. The molecule has 0 atom stereocenters. The van der Waals surface area contributed by atoms with E-state index in [9.17, 15) is 0 Å². The Kier molecular flexibility index (Phi) is 5.63. The predicted octanol–water partition coefficient (Wildman–Crippen LogP) is 5.14. The van der Waals surface area contributed by atoms with Crippen molar-refractivity contribution in [3.8, 4) is 22.5 Å². The van der Waals surface area contributed by atoms with Gasteiger partial charge in [-0.2, -0.15) is 5.21 Å². The third-order valence-corrected chi connectivity index (χ3v) is 7.14. The zero-order chi connectivity index (χ0) is 22.9. The number of aromatic nitrogens is 5. The van der Waals surface area contributed by atoms with Crippen molar-refractivity contribution in [2.45, 2.75) is 32.2 Å². The minimum atomic E-state index is 0.612. The van der Waals surface area contributed by atoms with Gasteiger partial charge >= 0.3 is 0 Å². The van der Waals surface area contributed by atoms with Gasteiger partial charge in [-0.15, -0.1) is 10.2 Å². The number of H-pyrrole nitrogens is 1. The van der Waals surface area contributed by atoms with Crippen molar-refractivity contribution in [3.63, 3.8) is 0 Å². The van der Waals surface area contributed by atoms with E-state index in [1.54, 1.807) is 6.20 Å². The zero-order valence-corrected chi connectivity index (χ0v) is 19.7. The average molecular weight is 472 g/mol. The smallest absolute Gasteiger partial charge is 0.204 e. The minimum absolute atomic E-state index is 0.612. The second kappa shape index (κ2) is 9.06. The monoisotopic (exact) mass is 471 g/mol. The molecule has 2 aliphatic heterocycles. The lowest BCUT2D eigenvalue weighted by Gasteiger charge is -2.28. The summed E-state index contributed by atoms with van der Waals surface area (Å²) in [5.41, 5.74) is 7.07. The van der Waals surface area contributed by atoms with Crippen molar-refractivity contribution < 1.29 is 0 Å². The predicted molar refractivity (Wildman–Crippen MR) is 135 cm³/mol. The zero-order valence-electron chi connectivity index (χ0n) is 18.9. The van der Waals surface area contributed by atoms with E-state index in [1.807, 2.05) is 12.1 Å². The number of rotatable bonds is 5. The van der Waals surface area contributed by atoms with Crippen LogP contribution in [0.1, 0.15) is 30.4 Å². The lowest BCUT2D eigenvalue weighted by Crippen LogP contribution is -2.30. The molecular formula is C26H26ClN7. The van der Waals surface area contributed by atoms with E-state index < -0.39 is 0 Å². The first-order chi connectivity index (χ1) is 16.7. The van der Waals surface area contributed by atoms with Crippen molar-refractivity contribution in [1.82, 2.24) is 25.6 Å². The Morgan fingerprint density at radius 2 is 1.74 bits per heavy atom. The largest absolute Gasteiger partial charge is 0.367 e. The van der Waals surface area contributed by atoms with Gasteiger partial charge in [0.25, 0.3) is 0 Å². The Balaban J connectivity index is 1.25. The third kappa shape index (κ3) is 4.12. The maximum absolute atomic E-state index is 6.63. The number of tetrazole rings is 1. The van der Waals surface area contributed by atoms with Crippen molar-refractivity contribution in [3.05, 3.63) is 70.9 Å². The number of halogens is 1. The first-order valence-corrected chi connectivity index (χ1v) is 12.2. The standard InChI is InChI=1S/C26H26ClN7/c27-23-16-28-25(33-11-2-1-3-12-33)15-22(23)21-9-8-19-10-13-34(24(19)14-21)17-18-4-6-20(7-5-18)26-29-31-32-30-26/h4-9,14-16H,1-3,10-13,17H2,(H,29,30,31,32). The van der Waals surface area contributed by atoms with Crippen LogP contribution in [0, 0.1) is 0 Å². The van der Waals surface area contributed by atoms with E-state index >= 15 is 0 Å². The highest BCUT2D eigenvalue weighted by Crippen LogP contribution is 2.37. The molecule has 0 radical (unpaired) electrons. The molecule has 0 amide bonds. The Morgan fingerprint density at radius 1 is 0.912 bits per heavy atom. The maximum atomic E-state index is 6.63. The number of aromatic amines is 1. The highest BCUT2D eigenvalue weighted by atomic mass is 35.5. The van der Waals surface area contributed by atoms with Crippen LogP contribution in [0.2, 0.25) is 5.02 Å². The topological polar surface area (TPSA) is 73.8 Å². The van der Waals surface area contributed by atoms with Gasteiger partial charge in [0.2, 0.25) is 5.82 Å². The van der Waals surface area contributed by atoms with Gasteiger partial charge in [-0.3, -0.25) is 0 Å². The number of anilines is 2. The molecule has 1 saturated heterocycles. The summed E-state index contributed by atoms with van der Waals surface area (Å²) in [7, 11) is 0. The lowest BCUT2D eigenvalue weighted by molar-refractivity contribution is 0.573. The number of benzene rings is 2. The van der Waals surface area contributed by atoms with Crippen LogP contribution in [0.3, 0.4) is 0 Å². The van der Waals surface area contributed by atoms with Crippen LogP contribution < -0.4 is 9.80 Å². The summed E-state index contributed by atoms with van der Waals surface area (Å²) < 4.78 is 0. The summed E-state index contributed by atoms with van der Waals surface area (Å²) >= 11 is 6.63. The molecule has 1 N–H and O–H groups in total. The van der Waals surface area contributed by atoms with Gasteiger partial charge in [0.05, 0.1) is 5.02 Å². The van der Waals surface area contributed by atoms with Crippen LogP contribution in [0.25, 0.3) is 22.5 Å². The van der Waals surface area contributed by atoms with Crippen LogP contribution >= 0.6 is 11.6 Å². The van der Waals surface area contributed by atoms with Crippen molar-refractivity contribution in [2.75, 3.05) is 29.4 Å². The van der Waals surface area contributed by atoms with Gasteiger partial charge < -0.3 is 9.80 Å². The Bertz CT molecular complexity index is 1280. The Labute approximate surface area is 203 Å². The average Bonchev–Trinajstić information content (AvgIpc) is 3.56. The van der Waals surface area contributed by atoms with Gasteiger partial charge in [-0.1, -0.05) is 48.0 Å². The van der Waals surface area contributed by atoms with Crippen LogP contribution in [-0.4, -0.2) is 45.2 Å². The molecule has 34 heavy (non-hydrogen) atoms. The molecule has 0 unspecified atom stereocenters. The fourth-order valence-corrected chi connectivity index (χ4v) is 5.20. The number of fused-ring (bicyclic) bond motifs is 1. The molecule has 8 heteroatoms. The summed E-state index contributed by atoms with van der Waals surface area (Å²) in [4.78, 5) is 9.45. The molecule has 2 aromatic heterocycles. The van der Waals surface area contributed by atoms with Gasteiger partial charge in [0, 0.05) is 49.2 Å². The number of nitrogens with one attached hydrogen (secondary N) is 1. The summed E-state index contributed by atoms with van der Waals surface area (Å²) in [6.45, 7) is 4.00.